The molecule has 0 radical (unpaired) electrons. The van der Waals surface area contributed by atoms with Crippen molar-refractivity contribution in [2.75, 3.05) is 7.11 Å². The molecule has 1 N–H and O–H groups in total. The average molecular weight is 284 g/mol. The predicted octanol–water partition coefficient (Wildman–Crippen LogP) is 3.17. The van der Waals surface area contributed by atoms with E-state index in [9.17, 15) is 4.39 Å². The van der Waals surface area contributed by atoms with E-state index in [4.69, 9.17) is 26.2 Å². The Morgan fingerprint density at radius 2 is 2.11 bits per heavy atom. The highest BCUT2D eigenvalue weighted by Crippen LogP contribution is 2.32. The number of rotatable bonds is 4. The molecule has 2 aromatic rings. The monoisotopic (exact) mass is 283 g/mol. The van der Waals surface area contributed by atoms with Crippen LogP contribution in [0.1, 0.15) is 5.56 Å². The Bertz CT molecular complexity index is 592. The average Bonchev–Trinajstić information content (AvgIpc) is 2.42. The summed E-state index contributed by atoms with van der Waals surface area (Å²) in [5, 5.41) is 9.22. The second kappa shape index (κ2) is 5.86. The Hall–Kier alpha value is -1.85. The lowest BCUT2D eigenvalue weighted by atomic mass is 10.2. The molecule has 0 aliphatic rings. The summed E-state index contributed by atoms with van der Waals surface area (Å²) in [6, 6.07) is 5.92. The zero-order valence-electron chi connectivity index (χ0n) is 10.1. The molecule has 19 heavy (non-hydrogen) atoms. The van der Waals surface area contributed by atoms with Gasteiger partial charge in [0.05, 0.1) is 18.7 Å². The van der Waals surface area contributed by atoms with Crippen LogP contribution in [0.4, 0.5) is 4.39 Å². The van der Waals surface area contributed by atoms with Crippen LogP contribution in [0.25, 0.3) is 0 Å². The van der Waals surface area contributed by atoms with Crippen LogP contribution in [-0.4, -0.2) is 17.2 Å². The Morgan fingerprint density at radius 1 is 1.32 bits per heavy atom. The van der Waals surface area contributed by atoms with Crippen LogP contribution in [0.2, 0.25) is 5.02 Å². The first-order valence-electron chi connectivity index (χ1n) is 5.40. The SMILES string of the molecule is COc1cc(CO)ccc1Oc1ncc(Cl)cc1F. The molecule has 0 amide bonds. The smallest absolute Gasteiger partial charge is 0.256 e. The molecule has 1 aromatic heterocycles. The minimum Gasteiger partial charge on any atom is -0.493 e. The summed E-state index contributed by atoms with van der Waals surface area (Å²) in [6.45, 7) is -0.121. The first-order valence-corrected chi connectivity index (χ1v) is 5.78. The molecule has 0 unspecified atom stereocenters. The van der Waals surface area contributed by atoms with Crippen molar-refractivity contribution in [1.29, 1.82) is 0 Å². The Balaban J connectivity index is 2.32. The highest BCUT2D eigenvalue weighted by atomic mass is 35.5. The third-order valence-corrected chi connectivity index (χ3v) is 2.60. The van der Waals surface area contributed by atoms with Crippen LogP contribution in [0.3, 0.4) is 0 Å². The van der Waals surface area contributed by atoms with Crippen molar-refractivity contribution >= 4 is 11.6 Å². The number of pyridine rings is 1. The van der Waals surface area contributed by atoms with Gasteiger partial charge in [-0.05, 0) is 23.8 Å². The molecule has 6 heteroatoms. The zero-order chi connectivity index (χ0) is 13.8. The normalized spacial score (nSPS) is 10.3. The van der Waals surface area contributed by atoms with Gasteiger partial charge < -0.3 is 14.6 Å². The van der Waals surface area contributed by atoms with Gasteiger partial charge >= 0.3 is 0 Å². The van der Waals surface area contributed by atoms with Crippen molar-refractivity contribution in [2.45, 2.75) is 6.61 Å². The molecule has 1 heterocycles. The number of aliphatic hydroxyl groups excluding tert-OH is 1. The van der Waals surface area contributed by atoms with E-state index in [1.165, 1.54) is 13.3 Å². The molecule has 100 valence electrons. The van der Waals surface area contributed by atoms with Crippen LogP contribution in [0, 0.1) is 5.82 Å². The molecular weight excluding hydrogens is 273 g/mol. The van der Waals surface area contributed by atoms with Gasteiger partial charge in [-0.15, -0.1) is 0 Å². The summed E-state index contributed by atoms with van der Waals surface area (Å²) in [5.74, 6) is -0.184. The molecular formula is C13H11ClFNO3. The second-order valence-corrected chi connectivity index (χ2v) is 4.12. The summed E-state index contributed by atoms with van der Waals surface area (Å²) >= 11 is 5.61. The van der Waals surface area contributed by atoms with Crippen molar-refractivity contribution in [3.8, 4) is 17.4 Å². The number of halogens is 2. The van der Waals surface area contributed by atoms with Gasteiger partial charge in [-0.25, -0.2) is 9.37 Å². The topological polar surface area (TPSA) is 51.6 Å². The molecule has 0 saturated carbocycles. The molecule has 1 aromatic carbocycles. The van der Waals surface area contributed by atoms with Crippen LogP contribution >= 0.6 is 11.6 Å². The van der Waals surface area contributed by atoms with Gasteiger partial charge in [0.25, 0.3) is 5.88 Å². The van der Waals surface area contributed by atoms with Crippen molar-refractivity contribution in [3.63, 3.8) is 0 Å². The van der Waals surface area contributed by atoms with Crippen LogP contribution in [0.15, 0.2) is 30.5 Å². The number of nitrogens with zero attached hydrogens (tertiary/aromatic N) is 1. The fourth-order valence-electron chi connectivity index (χ4n) is 1.48. The van der Waals surface area contributed by atoms with Crippen molar-refractivity contribution in [3.05, 3.63) is 46.9 Å². The van der Waals surface area contributed by atoms with Gasteiger partial charge in [0.1, 0.15) is 0 Å². The van der Waals surface area contributed by atoms with Gasteiger partial charge in [-0.2, -0.15) is 0 Å². The standard InChI is InChI=1S/C13H11ClFNO3/c1-18-12-4-8(7-17)2-3-11(12)19-13-10(15)5-9(14)6-16-13/h2-6,17H,7H2,1H3. The van der Waals surface area contributed by atoms with Gasteiger partial charge in [0, 0.05) is 6.20 Å². The van der Waals surface area contributed by atoms with E-state index in [2.05, 4.69) is 4.98 Å². The second-order valence-electron chi connectivity index (χ2n) is 3.69. The Morgan fingerprint density at radius 3 is 2.74 bits per heavy atom. The molecule has 2 rings (SSSR count). The minimum absolute atomic E-state index is 0.121. The van der Waals surface area contributed by atoms with E-state index in [1.807, 2.05) is 0 Å². The summed E-state index contributed by atoms with van der Waals surface area (Å²) in [7, 11) is 1.45. The van der Waals surface area contributed by atoms with Crippen molar-refractivity contribution in [2.24, 2.45) is 0 Å². The fraction of sp³-hybridized carbons (Fsp3) is 0.154. The van der Waals surface area contributed by atoms with Crippen LogP contribution in [0.5, 0.6) is 17.4 Å². The number of hydrogen-bond acceptors (Lipinski definition) is 4. The Kier molecular flexibility index (Phi) is 4.19. The molecule has 0 spiro atoms. The number of ether oxygens (including phenoxy) is 2. The molecule has 0 aliphatic heterocycles. The maximum absolute atomic E-state index is 13.6. The number of aliphatic hydroxyl groups is 1. The molecule has 4 nitrogen and oxygen atoms in total. The number of methoxy groups -OCH3 is 1. The van der Waals surface area contributed by atoms with E-state index in [1.54, 1.807) is 18.2 Å². The molecule has 0 bridgehead atoms. The quantitative estimate of drug-likeness (QED) is 0.936. The number of benzene rings is 1. The van der Waals surface area contributed by atoms with E-state index in [-0.39, 0.29) is 17.5 Å². The van der Waals surface area contributed by atoms with Crippen molar-refractivity contribution in [1.82, 2.24) is 4.98 Å². The first kappa shape index (κ1) is 13.6. The molecule has 0 atom stereocenters. The first-order chi connectivity index (χ1) is 9.13. The lowest BCUT2D eigenvalue weighted by molar-refractivity contribution is 0.280. The van der Waals surface area contributed by atoms with Crippen LogP contribution < -0.4 is 9.47 Å². The summed E-state index contributed by atoms with van der Waals surface area (Å²) in [4.78, 5) is 3.76. The summed E-state index contributed by atoms with van der Waals surface area (Å²) in [6.07, 6.45) is 1.29. The van der Waals surface area contributed by atoms with Crippen molar-refractivity contribution < 1.29 is 19.0 Å². The largest absolute Gasteiger partial charge is 0.493 e. The summed E-state index contributed by atoms with van der Waals surface area (Å²) < 4.78 is 24.0. The predicted molar refractivity (Wildman–Crippen MR) is 68.2 cm³/mol. The lowest BCUT2D eigenvalue weighted by Gasteiger charge is -2.11. The van der Waals surface area contributed by atoms with E-state index >= 15 is 0 Å². The van der Waals surface area contributed by atoms with E-state index in [0.29, 0.717) is 17.1 Å². The molecule has 0 aliphatic carbocycles. The van der Waals surface area contributed by atoms with Crippen LogP contribution in [-0.2, 0) is 6.61 Å². The fourth-order valence-corrected chi connectivity index (χ4v) is 1.62. The highest BCUT2D eigenvalue weighted by Gasteiger charge is 2.11. The Labute approximate surface area is 114 Å². The van der Waals surface area contributed by atoms with Gasteiger partial charge in [0.2, 0.25) is 0 Å². The van der Waals surface area contributed by atoms with Gasteiger partial charge in [-0.1, -0.05) is 17.7 Å². The van der Waals surface area contributed by atoms with E-state index < -0.39 is 5.82 Å². The van der Waals surface area contributed by atoms with E-state index in [0.717, 1.165) is 6.07 Å². The lowest BCUT2D eigenvalue weighted by Crippen LogP contribution is -1.96. The maximum atomic E-state index is 13.6. The third kappa shape index (κ3) is 3.13. The van der Waals surface area contributed by atoms with Gasteiger partial charge in [0.15, 0.2) is 17.3 Å². The number of aromatic nitrogens is 1. The minimum atomic E-state index is -0.666. The molecule has 0 fully saturated rings. The summed E-state index contributed by atoms with van der Waals surface area (Å²) in [5.41, 5.74) is 0.661. The third-order valence-electron chi connectivity index (χ3n) is 2.39. The molecule has 0 saturated heterocycles. The highest BCUT2D eigenvalue weighted by molar-refractivity contribution is 6.30. The number of hydrogen-bond donors (Lipinski definition) is 1. The van der Waals surface area contributed by atoms with Gasteiger partial charge in [-0.3, -0.25) is 0 Å². The maximum Gasteiger partial charge on any atom is 0.256 e. The zero-order valence-corrected chi connectivity index (χ0v) is 10.8.